The highest BCUT2D eigenvalue weighted by molar-refractivity contribution is 5.88. The standard InChI is InChI=1S/C11H14N2O2.2C2H6/c1-8(14)7-12-10-3-5-11(6-4-10)13-9(2)15;2*1-2/h3-6,12H,7H2,1-2H3,(H,13,15);2*1-2H3. The summed E-state index contributed by atoms with van der Waals surface area (Å²) < 4.78 is 0. The van der Waals surface area contributed by atoms with Gasteiger partial charge in [-0.2, -0.15) is 0 Å². The molecule has 2 N–H and O–H groups in total. The highest BCUT2D eigenvalue weighted by atomic mass is 16.1. The van der Waals surface area contributed by atoms with Crippen molar-refractivity contribution in [2.24, 2.45) is 0 Å². The van der Waals surface area contributed by atoms with E-state index < -0.39 is 0 Å². The molecule has 0 spiro atoms. The van der Waals surface area contributed by atoms with Gasteiger partial charge in [0.1, 0.15) is 5.78 Å². The van der Waals surface area contributed by atoms with Gasteiger partial charge in [0.25, 0.3) is 0 Å². The molecule has 4 nitrogen and oxygen atoms in total. The van der Waals surface area contributed by atoms with Gasteiger partial charge in [0, 0.05) is 18.3 Å². The van der Waals surface area contributed by atoms with Gasteiger partial charge in [-0.3, -0.25) is 9.59 Å². The van der Waals surface area contributed by atoms with E-state index in [1.807, 2.05) is 39.8 Å². The summed E-state index contributed by atoms with van der Waals surface area (Å²) in [7, 11) is 0. The van der Waals surface area contributed by atoms with Crippen LogP contribution in [0.5, 0.6) is 0 Å². The maximum Gasteiger partial charge on any atom is 0.221 e. The minimum absolute atomic E-state index is 0.0842. The SMILES string of the molecule is CC.CC.CC(=O)CNc1ccc(NC(C)=O)cc1. The minimum Gasteiger partial charge on any atom is -0.378 e. The minimum atomic E-state index is -0.0977. The van der Waals surface area contributed by atoms with Crippen molar-refractivity contribution in [3.8, 4) is 0 Å². The third kappa shape index (κ3) is 11.0. The molecule has 0 radical (unpaired) electrons. The predicted octanol–water partition coefficient (Wildman–Crippen LogP) is 3.70. The summed E-state index contributed by atoms with van der Waals surface area (Å²) in [5, 5.41) is 5.63. The number of carbonyl (C=O) groups is 2. The smallest absolute Gasteiger partial charge is 0.221 e. The molecule has 1 rings (SSSR count). The lowest BCUT2D eigenvalue weighted by molar-refractivity contribution is -0.115. The Kier molecular flexibility index (Phi) is 12.9. The molecule has 1 amide bonds. The molecule has 108 valence electrons. The van der Waals surface area contributed by atoms with E-state index in [2.05, 4.69) is 10.6 Å². The summed E-state index contributed by atoms with van der Waals surface area (Å²) in [6.45, 7) is 11.3. The highest BCUT2D eigenvalue weighted by Crippen LogP contribution is 2.12. The number of ketones is 1. The average Bonchev–Trinajstić information content (AvgIpc) is 2.42. The van der Waals surface area contributed by atoms with Crippen LogP contribution in [0.1, 0.15) is 41.5 Å². The second-order valence-corrected chi connectivity index (χ2v) is 3.31. The van der Waals surface area contributed by atoms with Crippen molar-refractivity contribution in [1.82, 2.24) is 0 Å². The molecule has 0 heterocycles. The summed E-state index contributed by atoms with van der Waals surface area (Å²) >= 11 is 0. The number of carbonyl (C=O) groups excluding carboxylic acids is 2. The first-order valence-corrected chi connectivity index (χ1v) is 6.69. The summed E-state index contributed by atoms with van der Waals surface area (Å²) in [6.07, 6.45) is 0. The number of rotatable bonds is 4. The predicted molar refractivity (Wildman–Crippen MR) is 82.6 cm³/mol. The molecule has 1 aromatic rings. The number of anilines is 2. The first-order valence-electron chi connectivity index (χ1n) is 6.69. The fourth-order valence-electron chi connectivity index (χ4n) is 1.10. The van der Waals surface area contributed by atoms with Crippen LogP contribution < -0.4 is 10.6 Å². The van der Waals surface area contributed by atoms with Gasteiger partial charge in [-0.15, -0.1) is 0 Å². The van der Waals surface area contributed by atoms with Gasteiger partial charge in [0.15, 0.2) is 0 Å². The van der Waals surface area contributed by atoms with E-state index in [-0.39, 0.29) is 11.7 Å². The Morgan fingerprint density at radius 1 is 0.895 bits per heavy atom. The molecule has 19 heavy (non-hydrogen) atoms. The van der Waals surface area contributed by atoms with Crippen LogP contribution in [-0.2, 0) is 9.59 Å². The van der Waals surface area contributed by atoms with Crippen LogP contribution in [0.2, 0.25) is 0 Å². The van der Waals surface area contributed by atoms with E-state index in [0.717, 1.165) is 11.4 Å². The van der Waals surface area contributed by atoms with Crippen molar-refractivity contribution in [3.63, 3.8) is 0 Å². The lowest BCUT2D eigenvalue weighted by Gasteiger charge is -2.05. The van der Waals surface area contributed by atoms with Crippen LogP contribution in [-0.4, -0.2) is 18.2 Å². The molecular formula is C15H26N2O2. The first-order chi connectivity index (χ1) is 9.08. The van der Waals surface area contributed by atoms with E-state index >= 15 is 0 Å². The molecule has 0 aliphatic rings. The van der Waals surface area contributed by atoms with Gasteiger partial charge in [0.2, 0.25) is 5.91 Å². The Bertz CT molecular complexity index is 359. The van der Waals surface area contributed by atoms with E-state index in [9.17, 15) is 9.59 Å². The quantitative estimate of drug-likeness (QED) is 0.873. The molecule has 1 aromatic carbocycles. The Balaban J connectivity index is 0. The molecule has 0 aliphatic heterocycles. The topological polar surface area (TPSA) is 58.2 Å². The van der Waals surface area contributed by atoms with Crippen molar-refractivity contribution < 1.29 is 9.59 Å². The van der Waals surface area contributed by atoms with E-state index in [4.69, 9.17) is 0 Å². The Labute approximate surface area is 116 Å². The average molecular weight is 266 g/mol. The Hall–Kier alpha value is -1.84. The molecule has 0 bridgehead atoms. The van der Waals surface area contributed by atoms with Crippen molar-refractivity contribution >= 4 is 23.1 Å². The molecule has 0 atom stereocenters. The van der Waals surface area contributed by atoms with Gasteiger partial charge in [-0.1, -0.05) is 27.7 Å². The summed E-state index contributed by atoms with van der Waals surface area (Å²) in [5.41, 5.74) is 1.61. The molecule has 0 fully saturated rings. The Morgan fingerprint density at radius 3 is 1.68 bits per heavy atom. The van der Waals surface area contributed by atoms with Gasteiger partial charge < -0.3 is 10.6 Å². The number of hydrogen-bond acceptors (Lipinski definition) is 3. The van der Waals surface area contributed by atoms with E-state index in [0.29, 0.717) is 6.54 Å². The molecule has 0 aromatic heterocycles. The first kappa shape index (κ1) is 19.5. The maximum atomic E-state index is 10.7. The van der Waals surface area contributed by atoms with Gasteiger partial charge in [-0.25, -0.2) is 0 Å². The van der Waals surface area contributed by atoms with Crippen molar-refractivity contribution in [3.05, 3.63) is 24.3 Å². The van der Waals surface area contributed by atoms with Crippen LogP contribution >= 0.6 is 0 Å². The number of benzene rings is 1. The van der Waals surface area contributed by atoms with Crippen LogP contribution in [0.25, 0.3) is 0 Å². The van der Waals surface area contributed by atoms with Crippen LogP contribution in [0.4, 0.5) is 11.4 Å². The van der Waals surface area contributed by atoms with Crippen molar-refractivity contribution in [2.75, 3.05) is 17.2 Å². The van der Waals surface area contributed by atoms with Gasteiger partial charge in [-0.05, 0) is 31.2 Å². The third-order valence-corrected chi connectivity index (χ3v) is 1.75. The number of nitrogens with one attached hydrogen (secondary N) is 2. The highest BCUT2D eigenvalue weighted by Gasteiger charge is 1.97. The summed E-state index contributed by atoms with van der Waals surface area (Å²) in [6, 6.07) is 7.19. The van der Waals surface area contributed by atoms with E-state index in [1.165, 1.54) is 13.8 Å². The summed E-state index contributed by atoms with van der Waals surface area (Å²) in [4.78, 5) is 21.5. The lowest BCUT2D eigenvalue weighted by atomic mass is 10.2. The lowest BCUT2D eigenvalue weighted by Crippen LogP contribution is -2.10. The van der Waals surface area contributed by atoms with Crippen molar-refractivity contribution in [1.29, 1.82) is 0 Å². The zero-order valence-corrected chi connectivity index (χ0v) is 12.8. The fourth-order valence-corrected chi connectivity index (χ4v) is 1.10. The van der Waals surface area contributed by atoms with Crippen LogP contribution in [0, 0.1) is 0 Å². The maximum absolute atomic E-state index is 10.7. The number of amides is 1. The second-order valence-electron chi connectivity index (χ2n) is 3.31. The molecular weight excluding hydrogens is 240 g/mol. The fraction of sp³-hybridized carbons (Fsp3) is 0.467. The molecule has 0 aliphatic carbocycles. The number of hydrogen-bond donors (Lipinski definition) is 2. The van der Waals surface area contributed by atoms with E-state index in [1.54, 1.807) is 12.1 Å². The van der Waals surface area contributed by atoms with Crippen LogP contribution in [0.15, 0.2) is 24.3 Å². The molecule has 0 unspecified atom stereocenters. The van der Waals surface area contributed by atoms with Gasteiger partial charge >= 0.3 is 0 Å². The summed E-state index contributed by atoms with van der Waals surface area (Å²) in [5.74, 6) is -0.0135. The monoisotopic (exact) mass is 266 g/mol. The van der Waals surface area contributed by atoms with Crippen LogP contribution in [0.3, 0.4) is 0 Å². The molecule has 4 heteroatoms. The Morgan fingerprint density at radius 2 is 1.32 bits per heavy atom. The zero-order valence-electron chi connectivity index (χ0n) is 12.8. The van der Waals surface area contributed by atoms with Crippen molar-refractivity contribution in [2.45, 2.75) is 41.5 Å². The normalized spacial score (nSPS) is 8.11. The molecule has 0 saturated carbocycles. The third-order valence-electron chi connectivity index (χ3n) is 1.75. The largest absolute Gasteiger partial charge is 0.378 e. The second kappa shape index (κ2) is 12.6. The zero-order chi connectivity index (χ0) is 15.3. The number of Topliss-reactive ketones (excluding diaryl/α,β-unsaturated/α-hetero) is 1. The molecule has 0 saturated heterocycles. The van der Waals surface area contributed by atoms with Gasteiger partial charge in [0.05, 0.1) is 6.54 Å².